The summed E-state index contributed by atoms with van der Waals surface area (Å²) in [5.74, 6) is -0.681. The first-order chi connectivity index (χ1) is 13.7. The van der Waals surface area contributed by atoms with Crippen LogP contribution >= 0.6 is 11.6 Å². The van der Waals surface area contributed by atoms with Crippen LogP contribution in [0, 0.1) is 10.1 Å². The minimum atomic E-state index is -1.08. The monoisotopic (exact) mass is 413 g/mol. The van der Waals surface area contributed by atoms with Crippen LogP contribution in [-0.4, -0.2) is 46.2 Å². The largest absolute Gasteiger partial charge is 0.326 e. The van der Waals surface area contributed by atoms with Crippen LogP contribution in [0.15, 0.2) is 54.2 Å². The van der Waals surface area contributed by atoms with E-state index < -0.39 is 16.4 Å². The van der Waals surface area contributed by atoms with Gasteiger partial charge >= 0.3 is 0 Å². The molecule has 2 aromatic carbocycles. The van der Waals surface area contributed by atoms with Gasteiger partial charge < -0.3 is 9.80 Å². The van der Waals surface area contributed by atoms with Crippen molar-refractivity contribution in [3.8, 4) is 0 Å². The Kier molecular flexibility index (Phi) is 5.44. The van der Waals surface area contributed by atoms with Crippen molar-refractivity contribution < 1.29 is 14.5 Å². The van der Waals surface area contributed by atoms with Gasteiger partial charge in [0.25, 0.3) is 17.5 Å². The second kappa shape index (κ2) is 7.67. The number of nitro benzene ring substituents is 1. The Labute approximate surface area is 173 Å². The number of likely N-dealkylation sites (N-methyl/N-ethyl adjacent to an activating group) is 2. The van der Waals surface area contributed by atoms with Crippen molar-refractivity contribution in [1.82, 2.24) is 9.80 Å². The number of amides is 2. The number of nitro groups is 1. The van der Waals surface area contributed by atoms with E-state index in [1.165, 1.54) is 35.1 Å². The molecule has 0 radical (unpaired) electrons. The molecule has 2 amide bonds. The third-order valence-corrected chi connectivity index (χ3v) is 5.58. The van der Waals surface area contributed by atoms with E-state index in [1.54, 1.807) is 20.0 Å². The number of carbonyl (C=O) groups excluding carboxylic acids is 2. The molecule has 8 heteroatoms. The molecule has 1 unspecified atom stereocenters. The van der Waals surface area contributed by atoms with Gasteiger partial charge in [-0.15, -0.1) is 0 Å². The molecule has 1 aliphatic heterocycles. The lowest BCUT2D eigenvalue weighted by atomic mass is 9.87. The smallest absolute Gasteiger partial charge is 0.295 e. The molecule has 1 heterocycles. The van der Waals surface area contributed by atoms with E-state index in [0.29, 0.717) is 6.42 Å². The number of nitrogens with zero attached hydrogens (tertiary/aromatic N) is 3. The minimum Gasteiger partial charge on any atom is -0.326 e. The fourth-order valence-corrected chi connectivity index (χ4v) is 3.74. The summed E-state index contributed by atoms with van der Waals surface area (Å²) in [5.41, 5.74) is -0.256. The summed E-state index contributed by atoms with van der Waals surface area (Å²) in [6.07, 6.45) is 1.69. The zero-order valence-electron chi connectivity index (χ0n) is 16.3. The summed E-state index contributed by atoms with van der Waals surface area (Å²) >= 11 is 5.96. The molecule has 0 spiro atoms. The summed E-state index contributed by atoms with van der Waals surface area (Å²) in [5, 5.41) is 11.4. The van der Waals surface area contributed by atoms with E-state index in [0.717, 1.165) is 5.56 Å². The van der Waals surface area contributed by atoms with Crippen molar-refractivity contribution in [3.05, 3.63) is 80.5 Å². The average molecular weight is 414 g/mol. The van der Waals surface area contributed by atoms with Gasteiger partial charge in [-0.05, 0) is 30.7 Å². The lowest BCUT2D eigenvalue weighted by molar-refractivity contribution is -0.384. The van der Waals surface area contributed by atoms with Gasteiger partial charge in [0.05, 0.1) is 10.5 Å². The molecular formula is C21H20ClN3O4. The molecule has 1 saturated heterocycles. The number of benzene rings is 2. The second-order valence-electron chi connectivity index (χ2n) is 7.13. The number of piperazine rings is 1. The highest BCUT2D eigenvalue weighted by atomic mass is 35.5. The molecule has 0 aliphatic carbocycles. The number of carbonyl (C=O) groups is 2. The van der Waals surface area contributed by atoms with Gasteiger partial charge in [-0.1, -0.05) is 48.0 Å². The van der Waals surface area contributed by atoms with E-state index in [4.69, 9.17) is 11.6 Å². The van der Waals surface area contributed by atoms with Gasteiger partial charge in [-0.2, -0.15) is 0 Å². The molecule has 7 nitrogen and oxygen atoms in total. The maximum absolute atomic E-state index is 13.2. The zero-order chi connectivity index (χ0) is 21.3. The van der Waals surface area contributed by atoms with Crippen molar-refractivity contribution in [2.45, 2.75) is 18.9 Å². The molecule has 2 aromatic rings. The first kappa shape index (κ1) is 20.5. The van der Waals surface area contributed by atoms with E-state index in [-0.39, 0.29) is 27.9 Å². The average Bonchev–Trinajstić information content (AvgIpc) is 2.69. The lowest BCUT2D eigenvalue weighted by Gasteiger charge is -2.45. The highest BCUT2D eigenvalue weighted by molar-refractivity contribution is 6.33. The van der Waals surface area contributed by atoms with Crippen LogP contribution in [0.3, 0.4) is 0 Å². The molecule has 1 aliphatic rings. The zero-order valence-corrected chi connectivity index (χ0v) is 17.0. The Hall–Kier alpha value is -3.19. The molecule has 0 bridgehead atoms. The predicted octanol–water partition coefficient (Wildman–Crippen LogP) is 3.52. The fraction of sp³-hybridized carbons (Fsp3) is 0.238. The van der Waals surface area contributed by atoms with Crippen LogP contribution in [0.2, 0.25) is 5.02 Å². The highest BCUT2D eigenvalue weighted by Gasteiger charge is 2.48. The summed E-state index contributed by atoms with van der Waals surface area (Å²) in [4.78, 5) is 39.8. The SMILES string of the molecule is CN1C(=O)C(C)(Cc2ccccc2)N(C)C(=O)/C1=C\c1cccc(Cl)c1[N+](=O)[O-]. The minimum absolute atomic E-state index is 0.0381. The first-order valence-corrected chi connectivity index (χ1v) is 9.29. The quantitative estimate of drug-likeness (QED) is 0.436. The molecule has 0 aromatic heterocycles. The van der Waals surface area contributed by atoms with Crippen LogP contribution < -0.4 is 0 Å². The van der Waals surface area contributed by atoms with Gasteiger partial charge in [-0.25, -0.2) is 0 Å². The molecule has 0 N–H and O–H groups in total. The summed E-state index contributed by atoms with van der Waals surface area (Å²) in [7, 11) is 3.06. The Bertz CT molecular complexity index is 1020. The van der Waals surface area contributed by atoms with Crippen molar-refractivity contribution in [1.29, 1.82) is 0 Å². The molecule has 150 valence electrons. The van der Waals surface area contributed by atoms with E-state index in [2.05, 4.69) is 0 Å². The summed E-state index contributed by atoms with van der Waals surface area (Å²) in [6, 6.07) is 13.9. The highest BCUT2D eigenvalue weighted by Crippen LogP contribution is 2.34. The Morgan fingerprint density at radius 1 is 1.10 bits per heavy atom. The number of hydrogen-bond acceptors (Lipinski definition) is 4. The first-order valence-electron chi connectivity index (χ1n) is 8.91. The van der Waals surface area contributed by atoms with Gasteiger partial charge in [-0.3, -0.25) is 19.7 Å². The number of para-hydroxylation sites is 1. The van der Waals surface area contributed by atoms with Crippen LogP contribution in [0.5, 0.6) is 0 Å². The van der Waals surface area contributed by atoms with Gasteiger partial charge in [0.15, 0.2) is 0 Å². The second-order valence-corrected chi connectivity index (χ2v) is 7.54. The van der Waals surface area contributed by atoms with Crippen LogP contribution in [0.4, 0.5) is 5.69 Å². The van der Waals surface area contributed by atoms with E-state index in [1.807, 2.05) is 30.3 Å². The third-order valence-electron chi connectivity index (χ3n) is 5.27. The number of halogens is 1. The normalized spacial score (nSPS) is 21.0. The lowest BCUT2D eigenvalue weighted by Crippen LogP contribution is -2.64. The van der Waals surface area contributed by atoms with Gasteiger partial charge in [0, 0.05) is 20.5 Å². The number of rotatable bonds is 4. The Morgan fingerprint density at radius 3 is 2.38 bits per heavy atom. The van der Waals surface area contributed by atoms with Crippen LogP contribution in [-0.2, 0) is 16.0 Å². The van der Waals surface area contributed by atoms with Crippen LogP contribution in [0.1, 0.15) is 18.1 Å². The number of hydrogen-bond donors (Lipinski definition) is 0. The topological polar surface area (TPSA) is 83.8 Å². The Balaban J connectivity index is 2.03. The Morgan fingerprint density at radius 2 is 1.76 bits per heavy atom. The molecule has 1 atom stereocenters. The van der Waals surface area contributed by atoms with Gasteiger partial charge in [0.1, 0.15) is 16.3 Å². The molecule has 29 heavy (non-hydrogen) atoms. The van der Waals surface area contributed by atoms with Crippen molar-refractivity contribution in [2.75, 3.05) is 14.1 Å². The van der Waals surface area contributed by atoms with Gasteiger partial charge in [0.2, 0.25) is 0 Å². The van der Waals surface area contributed by atoms with Crippen molar-refractivity contribution >= 4 is 35.2 Å². The van der Waals surface area contributed by atoms with E-state index >= 15 is 0 Å². The molecule has 3 rings (SSSR count). The summed E-state index contributed by atoms with van der Waals surface area (Å²) in [6.45, 7) is 1.72. The van der Waals surface area contributed by atoms with Crippen molar-refractivity contribution in [2.24, 2.45) is 0 Å². The molecule has 1 fully saturated rings. The molecule has 0 saturated carbocycles. The molecular weight excluding hydrogens is 394 g/mol. The van der Waals surface area contributed by atoms with Crippen molar-refractivity contribution in [3.63, 3.8) is 0 Å². The summed E-state index contributed by atoms with van der Waals surface area (Å²) < 4.78 is 0. The maximum atomic E-state index is 13.2. The maximum Gasteiger partial charge on any atom is 0.295 e. The fourth-order valence-electron chi connectivity index (χ4n) is 3.49. The third kappa shape index (κ3) is 3.61. The standard InChI is InChI=1S/C21H20ClN3O4/c1-21(13-14-8-5-4-6-9-14)20(27)23(2)17(19(26)24(21)3)12-15-10-7-11-16(22)18(15)25(28)29/h4-12H,13H2,1-3H3/b17-12+. The predicted molar refractivity (Wildman–Crippen MR) is 110 cm³/mol. The van der Waals surface area contributed by atoms with Crippen LogP contribution in [0.25, 0.3) is 6.08 Å². The van der Waals surface area contributed by atoms with E-state index in [9.17, 15) is 19.7 Å².